The van der Waals surface area contributed by atoms with Gasteiger partial charge in [-0.25, -0.2) is 9.67 Å². The van der Waals surface area contributed by atoms with Crippen molar-refractivity contribution in [3.8, 4) is 5.75 Å². The Labute approximate surface area is 261 Å². The van der Waals surface area contributed by atoms with Gasteiger partial charge in [0.2, 0.25) is 11.7 Å². The van der Waals surface area contributed by atoms with Crippen LogP contribution in [0.4, 0.5) is 0 Å². The average molecular weight is 624 g/mol. The molecule has 0 radical (unpaired) electrons. The molecule has 1 saturated carbocycles. The summed E-state index contributed by atoms with van der Waals surface area (Å²) in [5.41, 5.74) is 4.49. The van der Waals surface area contributed by atoms with Crippen LogP contribution in [0, 0.1) is 5.92 Å². The number of Topliss-reactive ketones (excluding diaryl/α,β-unsaturated/α-hetero) is 1. The Morgan fingerprint density at radius 3 is 2.40 bits per heavy atom. The number of carbonyl (C=O) groups is 5. The minimum absolute atomic E-state index is 0.0120. The third-order valence-corrected chi connectivity index (χ3v) is 8.41. The normalized spacial score (nSPS) is 20.0. The Kier molecular flexibility index (Phi) is 10.5. The number of nitrogens with one attached hydrogen (secondary N) is 1. The smallest absolute Gasteiger partial charge is 0.287 e. The molecule has 1 saturated heterocycles. The number of ether oxygens (including phenoxy) is 1. The number of hydrogen-bond acceptors (Lipinski definition) is 9. The molecule has 1 aliphatic heterocycles. The second-order valence-corrected chi connectivity index (χ2v) is 12.2. The van der Waals surface area contributed by atoms with Crippen molar-refractivity contribution >= 4 is 35.1 Å². The molecule has 2 fully saturated rings. The molecule has 14 heteroatoms. The fourth-order valence-electron chi connectivity index (χ4n) is 5.94. The largest absolute Gasteiger partial charge is 0.497 e. The number of benzene rings is 1. The van der Waals surface area contributed by atoms with Gasteiger partial charge in [-0.2, -0.15) is 0 Å². The van der Waals surface area contributed by atoms with Crippen molar-refractivity contribution in [2.24, 2.45) is 16.6 Å². The topological polar surface area (TPSA) is 199 Å². The summed E-state index contributed by atoms with van der Waals surface area (Å²) in [5.74, 6) is -3.36. The van der Waals surface area contributed by atoms with Crippen molar-refractivity contribution in [3.05, 3.63) is 41.7 Å². The van der Waals surface area contributed by atoms with Crippen molar-refractivity contribution in [2.45, 2.75) is 89.4 Å². The van der Waals surface area contributed by atoms with Crippen molar-refractivity contribution in [2.75, 3.05) is 13.7 Å². The quantitative estimate of drug-likeness (QED) is 0.245. The minimum Gasteiger partial charge on any atom is -0.497 e. The number of hydrogen-bond donors (Lipinski definition) is 3. The number of ketones is 1. The standard InChI is InChI=1S/C31H41N7O7/c1-18(26(39)27(32)40)34-29(42)24-15-21(38-25(16-33-36-38)31(2,3)44)17-37(24)30(43)23(14-19-8-6-5-7-9-19)35-28(41)20-10-12-22(45-4)13-11-20/h10-13,16,18-19,21,24,44H,5-9,14-15,17H2,1-4H3,(H2,32,40)(H,34,42)/t18?,21-,24-/m0/s1. The summed E-state index contributed by atoms with van der Waals surface area (Å²) in [6.07, 6.45) is 6.61. The van der Waals surface area contributed by atoms with E-state index in [9.17, 15) is 29.1 Å². The Morgan fingerprint density at radius 2 is 1.80 bits per heavy atom. The van der Waals surface area contributed by atoms with Crippen LogP contribution in [0.15, 0.2) is 35.5 Å². The number of aromatic nitrogens is 3. The van der Waals surface area contributed by atoms with Crippen LogP contribution >= 0.6 is 0 Å². The molecule has 4 rings (SSSR count). The molecule has 242 valence electrons. The van der Waals surface area contributed by atoms with E-state index < -0.39 is 53.1 Å². The molecule has 2 aromatic rings. The Morgan fingerprint density at radius 1 is 1.13 bits per heavy atom. The predicted molar refractivity (Wildman–Crippen MR) is 162 cm³/mol. The van der Waals surface area contributed by atoms with Crippen molar-refractivity contribution < 1.29 is 33.8 Å². The molecule has 1 aliphatic carbocycles. The maximum absolute atomic E-state index is 14.3. The maximum atomic E-state index is 14.3. The summed E-state index contributed by atoms with van der Waals surface area (Å²) >= 11 is 0. The fourth-order valence-corrected chi connectivity index (χ4v) is 5.94. The molecule has 1 aromatic carbocycles. The summed E-state index contributed by atoms with van der Waals surface area (Å²) < 4.78 is 6.65. The second-order valence-electron chi connectivity index (χ2n) is 12.2. The fraction of sp³-hybridized carbons (Fsp3) is 0.548. The first-order valence-electron chi connectivity index (χ1n) is 15.1. The lowest BCUT2D eigenvalue weighted by molar-refractivity contribution is -0.139. The Hall–Kier alpha value is -4.46. The van der Waals surface area contributed by atoms with Crippen LogP contribution in [-0.2, 0) is 24.8 Å². The van der Waals surface area contributed by atoms with E-state index in [1.54, 1.807) is 38.1 Å². The zero-order chi connectivity index (χ0) is 32.9. The molecule has 0 bridgehead atoms. The maximum Gasteiger partial charge on any atom is 0.287 e. The van der Waals surface area contributed by atoms with Crippen molar-refractivity contribution in [1.29, 1.82) is 0 Å². The van der Waals surface area contributed by atoms with Gasteiger partial charge in [0.1, 0.15) is 23.1 Å². The van der Waals surface area contributed by atoms with Crippen LogP contribution in [0.1, 0.15) is 87.8 Å². The van der Waals surface area contributed by atoms with Gasteiger partial charge in [0, 0.05) is 18.5 Å². The molecule has 1 unspecified atom stereocenters. The summed E-state index contributed by atoms with van der Waals surface area (Å²) in [6.45, 7) is 4.46. The minimum atomic E-state index is -1.32. The number of primary amides is 1. The van der Waals surface area contributed by atoms with Gasteiger partial charge in [0.25, 0.3) is 17.7 Å². The van der Waals surface area contributed by atoms with E-state index in [2.05, 4.69) is 20.6 Å². The van der Waals surface area contributed by atoms with Gasteiger partial charge >= 0.3 is 0 Å². The second kappa shape index (κ2) is 14.1. The summed E-state index contributed by atoms with van der Waals surface area (Å²) in [6, 6.07) is 3.47. The number of carbonyl (C=O) groups excluding carboxylic acids is 5. The molecular weight excluding hydrogens is 582 g/mol. The van der Waals surface area contributed by atoms with Gasteiger partial charge in [-0.15, -0.1) is 5.10 Å². The van der Waals surface area contributed by atoms with Crippen molar-refractivity contribution in [1.82, 2.24) is 25.2 Å². The van der Waals surface area contributed by atoms with E-state index in [4.69, 9.17) is 10.5 Å². The molecule has 4 amide bonds. The highest BCUT2D eigenvalue weighted by atomic mass is 16.5. The van der Waals surface area contributed by atoms with Gasteiger partial charge in [-0.05, 0) is 57.4 Å². The van der Waals surface area contributed by atoms with E-state index in [1.807, 2.05) is 0 Å². The molecule has 45 heavy (non-hydrogen) atoms. The summed E-state index contributed by atoms with van der Waals surface area (Å²) in [5, 5.41) is 21.3. The highest BCUT2D eigenvalue weighted by molar-refractivity contribution is 6.41. The van der Waals surface area contributed by atoms with Gasteiger partial charge in [-0.3, -0.25) is 24.0 Å². The Balaban J connectivity index is 1.70. The first-order valence-corrected chi connectivity index (χ1v) is 15.1. The number of amides is 4. The Bertz CT molecular complexity index is 1460. The number of nitrogens with two attached hydrogens (primary N) is 1. The first kappa shape index (κ1) is 33.4. The molecule has 4 N–H and O–H groups in total. The molecule has 2 heterocycles. The zero-order valence-corrected chi connectivity index (χ0v) is 26.1. The lowest BCUT2D eigenvalue weighted by atomic mass is 9.85. The number of rotatable bonds is 11. The van der Waals surface area contributed by atoms with E-state index in [1.165, 1.54) is 29.8 Å². The number of aliphatic imine (C=N–C) groups is 1. The molecule has 0 spiro atoms. The molecular formula is C31H41N7O7. The molecule has 3 atom stereocenters. The lowest BCUT2D eigenvalue weighted by Gasteiger charge is -2.27. The van der Waals surface area contributed by atoms with E-state index >= 15 is 0 Å². The number of aliphatic hydroxyl groups is 1. The van der Waals surface area contributed by atoms with Gasteiger partial charge in [0.15, 0.2) is 0 Å². The van der Waals surface area contributed by atoms with Gasteiger partial charge < -0.3 is 25.8 Å². The zero-order valence-electron chi connectivity index (χ0n) is 26.1. The molecule has 1 aromatic heterocycles. The van der Waals surface area contributed by atoms with Crippen LogP contribution in [0.2, 0.25) is 0 Å². The van der Waals surface area contributed by atoms with Crippen LogP contribution < -0.4 is 15.8 Å². The first-order chi connectivity index (χ1) is 21.3. The van der Waals surface area contributed by atoms with Gasteiger partial charge in [0.05, 0.1) is 31.1 Å². The molecule has 2 aliphatic rings. The summed E-state index contributed by atoms with van der Waals surface area (Å²) in [7, 11) is 1.51. The summed E-state index contributed by atoms with van der Waals surface area (Å²) in [4.78, 5) is 70.5. The van der Waals surface area contributed by atoms with Gasteiger partial charge in [-0.1, -0.05) is 37.3 Å². The van der Waals surface area contributed by atoms with Crippen LogP contribution in [0.5, 0.6) is 5.75 Å². The molecule has 14 nitrogen and oxygen atoms in total. The predicted octanol–water partition coefficient (Wildman–Crippen LogP) is 1.47. The third kappa shape index (κ3) is 7.98. The number of nitrogens with zero attached hydrogens (tertiary/aromatic N) is 5. The monoisotopic (exact) mass is 623 g/mol. The third-order valence-electron chi connectivity index (χ3n) is 8.41. The highest BCUT2D eigenvalue weighted by Gasteiger charge is 2.44. The SMILES string of the molecule is COc1ccc(C(=O)N=C(CC2CCCCC2)C(=O)N2C[C@@H](n3nncc3C(C)(C)O)C[C@H]2C(=O)NC(C)C(=O)C(N)=O)cc1. The van der Waals surface area contributed by atoms with Crippen LogP contribution in [-0.4, -0.2) is 85.9 Å². The van der Waals surface area contributed by atoms with E-state index in [-0.39, 0.29) is 36.6 Å². The van der Waals surface area contributed by atoms with Crippen LogP contribution in [0.25, 0.3) is 0 Å². The highest BCUT2D eigenvalue weighted by Crippen LogP contribution is 2.33. The average Bonchev–Trinajstić information content (AvgIpc) is 3.69. The number of methoxy groups -OCH3 is 1. The van der Waals surface area contributed by atoms with Crippen LogP contribution in [0.3, 0.4) is 0 Å². The number of likely N-dealkylation sites (tertiary alicyclic amines) is 1. The van der Waals surface area contributed by atoms with E-state index in [0.717, 1.165) is 32.1 Å². The van der Waals surface area contributed by atoms with Crippen molar-refractivity contribution in [3.63, 3.8) is 0 Å². The van der Waals surface area contributed by atoms with E-state index in [0.29, 0.717) is 11.4 Å². The lowest BCUT2D eigenvalue weighted by Crippen LogP contribution is -2.52.